The van der Waals surface area contributed by atoms with Gasteiger partial charge in [-0.1, -0.05) is 17.4 Å². The van der Waals surface area contributed by atoms with Crippen LogP contribution in [0.4, 0.5) is 16.5 Å². The first-order valence-electron chi connectivity index (χ1n) is 10.9. The van der Waals surface area contributed by atoms with Crippen LogP contribution < -0.4 is 24.8 Å². The van der Waals surface area contributed by atoms with Gasteiger partial charge in [0.2, 0.25) is 10.9 Å². The molecule has 38 heavy (non-hydrogen) atoms. The Morgan fingerprint density at radius 2 is 1.50 bits per heavy atom. The van der Waals surface area contributed by atoms with Gasteiger partial charge in [-0.2, -0.15) is 0 Å². The fourth-order valence-electron chi connectivity index (χ4n) is 3.44. The van der Waals surface area contributed by atoms with Crippen LogP contribution in [0.2, 0.25) is 0 Å². The highest BCUT2D eigenvalue weighted by Crippen LogP contribution is 2.38. The number of aromatic nitrogens is 2. The van der Waals surface area contributed by atoms with E-state index in [-0.39, 0.29) is 21.9 Å². The van der Waals surface area contributed by atoms with Crippen LogP contribution >= 0.6 is 11.3 Å². The molecule has 0 aliphatic rings. The molecule has 13 heteroatoms. The molecule has 0 radical (unpaired) electrons. The van der Waals surface area contributed by atoms with E-state index in [1.807, 2.05) is 0 Å². The Morgan fingerprint density at radius 1 is 0.842 bits per heavy atom. The normalized spacial score (nSPS) is 10.4. The van der Waals surface area contributed by atoms with E-state index in [2.05, 4.69) is 20.8 Å². The maximum absolute atomic E-state index is 12.9. The highest BCUT2D eigenvalue weighted by Gasteiger charge is 2.18. The summed E-state index contributed by atoms with van der Waals surface area (Å²) >= 11 is 1.12. The summed E-state index contributed by atoms with van der Waals surface area (Å²) in [7, 11) is 4.37. The van der Waals surface area contributed by atoms with Crippen LogP contribution in [-0.2, 0) is 0 Å². The number of carbonyl (C=O) groups is 2. The van der Waals surface area contributed by atoms with Crippen molar-refractivity contribution in [3.63, 3.8) is 0 Å². The number of carbonyl (C=O) groups excluding carboxylic acids is 2. The van der Waals surface area contributed by atoms with E-state index < -0.39 is 16.7 Å². The van der Waals surface area contributed by atoms with Gasteiger partial charge in [0, 0.05) is 34.5 Å². The molecule has 0 saturated heterocycles. The first kappa shape index (κ1) is 26.0. The molecule has 194 valence electrons. The third-order valence-electron chi connectivity index (χ3n) is 5.28. The zero-order chi connectivity index (χ0) is 27.2. The van der Waals surface area contributed by atoms with Gasteiger partial charge in [-0.25, -0.2) is 0 Å². The lowest BCUT2D eigenvalue weighted by atomic mass is 10.1. The van der Waals surface area contributed by atoms with Crippen LogP contribution in [0.15, 0.2) is 60.7 Å². The number of non-ortho nitro benzene ring substituents is 1. The van der Waals surface area contributed by atoms with Crippen LogP contribution in [0.25, 0.3) is 10.6 Å². The Bertz CT molecular complexity index is 1480. The molecular formula is C25H21N5O7S. The van der Waals surface area contributed by atoms with Gasteiger partial charge in [-0.3, -0.25) is 25.0 Å². The van der Waals surface area contributed by atoms with Crippen molar-refractivity contribution in [2.75, 3.05) is 32.0 Å². The maximum atomic E-state index is 12.9. The number of hydrogen-bond donors (Lipinski definition) is 2. The van der Waals surface area contributed by atoms with E-state index >= 15 is 0 Å². The van der Waals surface area contributed by atoms with Crippen molar-refractivity contribution in [3.8, 4) is 27.8 Å². The maximum Gasteiger partial charge on any atom is 0.269 e. The number of ether oxygens (including phenoxy) is 3. The van der Waals surface area contributed by atoms with Crippen molar-refractivity contribution in [1.82, 2.24) is 10.2 Å². The number of nitro benzene ring substituents is 1. The summed E-state index contributed by atoms with van der Waals surface area (Å²) < 4.78 is 15.9. The quantitative estimate of drug-likeness (QED) is 0.230. The average molecular weight is 536 g/mol. The molecule has 2 amide bonds. The minimum Gasteiger partial charge on any atom is -0.493 e. The molecular weight excluding hydrogens is 514 g/mol. The second-order valence-corrected chi connectivity index (χ2v) is 8.60. The molecule has 4 rings (SSSR count). The molecule has 4 aromatic rings. The first-order chi connectivity index (χ1) is 18.3. The lowest BCUT2D eigenvalue weighted by molar-refractivity contribution is -0.384. The molecule has 3 aromatic carbocycles. The Hall–Kier alpha value is -5.04. The SMILES string of the molecule is COc1cc(C(=O)Nc2cccc(C(=O)Nc3nnc(-c4ccc([N+](=O)[O-])cc4)s3)c2)cc(OC)c1OC. The van der Waals surface area contributed by atoms with Crippen molar-refractivity contribution in [2.24, 2.45) is 0 Å². The highest BCUT2D eigenvalue weighted by molar-refractivity contribution is 7.18. The van der Waals surface area contributed by atoms with Gasteiger partial charge in [0.05, 0.1) is 26.3 Å². The van der Waals surface area contributed by atoms with E-state index in [1.54, 1.807) is 30.3 Å². The van der Waals surface area contributed by atoms with E-state index in [0.717, 1.165) is 11.3 Å². The van der Waals surface area contributed by atoms with E-state index in [0.29, 0.717) is 33.5 Å². The van der Waals surface area contributed by atoms with Gasteiger partial charge in [0.15, 0.2) is 11.5 Å². The van der Waals surface area contributed by atoms with Gasteiger partial charge in [-0.15, -0.1) is 10.2 Å². The van der Waals surface area contributed by atoms with Gasteiger partial charge in [-0.05, 0) is 42.5 Å². The molecule has 0 fully saturated rings. The Kier molecular flexibility index (Phi) is 7.77. The summed E-state index contributed by atoms with van der Waals surface area (Å²) in [5.41, 5.74) is 1.52. The van der Waals surface area contributed by atoms with Crippen molar-refractivity contribution in [2.45, 2.75) is 0 Å². The first-order valence-corrected chi connectivity index (χ1v) is 11.8. The van der Waals surface area contributed by atoms with Crippen molar-refractivity contribution >= 4 is 39.7 Å². The Labute approximate surface area is 220 Å². The average Bonchev–Trinajstić information content (AvgIpc) is 3.40. The third kappa shape index (κ3) is 5.68. The van der Waals surface area contributed by atoms with Crippen LogP contribution in [0.5, 0.6) is 17.2 Å². The number of nitro groups is 1. The molecule has 1 heterocycles. The number of rotatable bonds is 9. The lowest BCUT2D eigenvalue weighted by Gasteiger charge is -2.14. The predicted molar refractivity (Wildman–Crippen MR) is 140 cm³/mol. The summed E-state index contributed by atoms with van der Waals surface area (Å²) in [6.45, 7) is 0. The van der Waals surface area contributed by atoms with Gasteiger partial charge in [0.25, 0.3) is 17.5 Å². The minimum absolute atomic E-state index is 0.0379. The van der Waals surface area contributed by atoms with Gasteiger partial charge < -0.3 is 19.5 Å². The summed E-state index contributed by atoms with van der Waals surface area (Å²) in [5, 5.41) is 25.0. The minimum atomic E-state index is -0.489. The number of anilines is 2. The van der Waals surface area contributed by atoms with Crippen LogP contribution in [0.3, 0.4) is 0 Å². The van der Waals surface area contributed by atoms with Gasteiger partial charge >= 0.3 is 0 Å². The van der Waals surface area contributed by atoms with Crippen molar-refractivity contribution in [1.29, 1.82) is 0 Å². The summed E-state index contributed by atoms with van der Waals surface area (Å²) in [6, 6.07) is 15.3. The second kappa shape index (κ2) is 11.3. The van der Waals surface area contributed by atoms with Crippen LogP contribution in [0.1, 0.15) is 20.7 Å². The number of hydrogen-bond acceptors (Lipinski definition) is 10. The predicted octanol–water partition coefficient (Wildman–Crippen LogP) is 4.64. The summed E-state index contributed by atoms with van der Waals surface area (Å²) in [5.74, 6) is 0.114. The Balaban J connectivity index is 1.46. The van der Waals surface area contributed by atoms with Crippen molar-refractivity contribution in [3.05, 3.63) is 81.9 Å². The molecule has 0 aliphatic heterocycles. The number of amides is 2. The van der Waals surface area contributed by atoms with Gasteiger partial charge in [0.1, 0.15) is 5.01 Å². The molecule has 0 saturated carbocycles. The summed E-state index contributed by atoms with van der Waals surface area (Å²) in [4.78, 5) is 36.1. The summed E-state index contributed by atoms with van der Waals surface area (Å²) in [6.07, 6.45) is 0. The third-order valence-corrected chi connectivity index (χ3v) is 6.17. The smallest absolute Gasteiger partial charge is 0.269 e. The topological polar surface area (TPSA) is 155 Å². The standard InChI is InChI=1S/C25H21N5O7S/c1-35-19-12-16(13-20(36-2)21(19)37-3)23(32)26-17-6-4-5-15(11-17)22(31)27-25-29-28-24(38-25)14-7-9-18(10-8-14)30(33)34/h4-13H,1-3H3,(H,26,32)(H,27,29,31). The molecule has 0 aliphatic carbocycles. The largest absolute Gasteiger partial charge is 0.493 e. The number of methoxy groups -OCH3 is 3. The van der Waals surface area contributed by atoms with Crippen LogP contribution in [-0.4, -0.2) is 48.3 Å². The number of nitrogens with zero attached hydrogens (tertiary/aromatic N) is 3. The molecule has 0 unspecified atom stereocenters. The molecule has 0 bridgehead atoms. The van der Waals surface area contributed by atoms with E-state index in [9.17, 15) is 19.7 Å². The molecule has 0 spiro atoms. The van der Waals surface area contributed by atoms with E-state index in [1.165, 1.54) is 51.7 Å². The molecule has 0 atom stereocenters. The zero-order valence-electron chi connectivity index (χ0n) is 20.4. The molecule has 2 N–H and O–H groups in total. The number of benzene rings is 3. The fourth-order valence-corrected chi connectivity index (χ4v) is 4.18. The number of nitrogens with one attached hydrogen (secondary N) is 2. The lowest BCUT2D eigenvalue weighted by Crippen LogP contribution is -2.15. The van der Waals surface area contributed by atoms with Crippen LogP contribution in [0, 0.1) is 10.1 Å². The van der Waals surface area contributed by atoms with E-state index in [4.69, 9.17) is 14.2 Å². The zero-order valence-corrected chi connectivity index (χ0v) is 21.2. The second-order valence-electron chi connectivity index (χ2n) is 7.62. The van der Waals surface area contributed by atoms with Crippen molar-refractivity contribution < 1.29 is 28.7 Å². The molecule has 1 aromatic heterocycles. The Morgan fingerprint density at radius 3 is 2.11 bits per heavy atom. The highest BCUT2D eigenvalue weighted by atomic mass is 32.1. The monoisotopic (exact) mass is 535 g/mol. The molecule has 12 nitrogen and oxygen atoms in total. The fraction of sp³-hybridized carbons (Fsp3) is 0.120.